The first-order chi connectivity index (χ1) is 12.3. The standard InChI is InChI=1S/C20H18N2O2S/c1-23-17-8-4-15(5-9-17)19(14-25-20-21-12-3-13-22-20)16-6-10-18(24-2)11-7-16/h3-14H,1-2H3. The fourth-order valence-corrected chi connectivity index (χ4v) is 3.04. The van der Waals surface area contributed by atoms with E-state index in [-0.39, 0.29) is 0 Å². The summed E-state index contributed by atoms with van der Waals surface area (Å²) in [6.45, 7) is 0. The Labute approximate surface area is 151 Å². The number of thioether (sulfide) groups is 1. The normalized spacial score (nSPS) is 10.2. The molecule has 0 fully saturated rings. The molecule has 0 spiro atoms. The summed E-state index contributed by atoms with van der Waals surface area (Å²) in [5.41, 5.74) is 3.27. The van der Waals surface area contributed by atoms with Crippen LogP contribution in [0.25, 0.3) is 5.57 Å². The molecule has 3 aromatic rings. The number of ether oxygens (including phenoxy) is 2. The van der Waals surface area contributed by atoms with Crippen molar-refractivity contribution < 1.29 is 9.47 Å². The number of hydrogen-bond acceptors (Lipinski definition) is 5. The van der Waals surface area contributed by atoms with E-state index >= 15 is 0 Å². The predicted octanol–water partition coefficient (Wildman–Crippen LogP) is 4.68. The molecule has 3 rings (SSSR count). The Morgan fingerprint density at radius 3 is 1.72 bits per heavy atom. The SMILES string of the molecule is COc1ccc(C(=CSc2ncccn2)c2ccc(OC)cc2)cc1. The van der Waals surface area contributed by atoms with Crippen LogP contribution in [0.1, 0.15) is 11.1 Å². The van der Waals surface area contributed by atoms with Gasteiger partial charge in [0.1, 0.15) is 11.5 Å². The maximum atomic E-state index is 5.25. The molecule has 2 aromatic carbocycles. The van der Waals surface area contributed by atoms with Crippen LogP contribution >= 0.6 is 11.8 Å². The minimum Gasteiger partial charge on any atom is -0.497 e. The Bertz CT molecular complexity index is 782. The van der Waals surface area contributed by atoms with Gasteiger partial charge in [-0.25, -0.2) is 9.97 Å². The summed E-state index contributed by atoms with van der Waals surface area (Å²) in [6.07, 6.45) is 3.48. The molecular weight excluding hydrogens is 332 g/mol. The second-order valence-electron chi connectivity index (χ2n) is 5.14. The molecule has 4 nitrogen and oxygen atoms in total. The van der Waals surface area contributed by atoms with Gasteiger partial charge < -0.3 is 9.47 Å². The van der Waals surface area contributed by atoms with Crippen molar-refractivity contribution in [2.75, 3.05) is 14.2 Å². The van der Waals surface area contributed by atoms with E-state index < -0.39 is 0 Å². The topological polar surface area (TPSA) is 44.2 Å². The van der Waals surface area contributed by atoms with Crippen molar-refractivity contribution >= 4 is 17.3 Å². The summed E-state index contributed by atoms with van der Waals surface area (Å²) in [4.78, 5) is 8.52. The molecule has 0 amide bonds. The van der Waals surface area contributed by atoms with Crippen LogP contribution in [0.15, 0.2) is 77.6 Å². The first kappa shape index (κ1) is 17.0. The molecule has 25 heavy (non-hydrogen) atoms. The van der Waals surface area contributed by atoms with Crippen LogP contribution in [0.4, 0.5) is 0 Å². The molecule has 126 valence electrons. The van der Waals surface area contributed by atoms with Crippen molar-refractivity contribution in [2.45, 2.75) is 5.16 Å². The summed E-state index contributed by atoms with van der Waals surface area (Å²) in [5.74, 6) is 1.66. The molecule has 0 saturated heterocycles. The molecule has 0 aliphatic rings. The van der Waals surface area contributed by atoms with Crippen molar-refractivity contribution in [1.29, 1.82) is 0 Å². The molecular formula is C20H18N2O2S. The van der Waals surface area contributed by atoms with E-state index in [1.165, 1.54) is 11.8 Å². The molecule has 0 N–H and O–H groups in total. The van der Waals surface area contributed by atoms with Crippen LogP contribution in [0.2, 0.25) is 0 Å². The second kappa shape index (κ2) is 8.35. The summed E-state index contributed by atoms with van der Waals surface area (Å²) in [6, 6.07) is 17.8. The average molecular weight is 350 g/mol. The molecule has 5 heteroatoms. The van der Waals surface area contributed by atoms with Crippen LogP contribution in [0.3, 0.4) is 0 Å². The number of rotatable bonds is 6. The number of aromatic nitrogens is 2. The Hall–Kier alpha value is -2.79. The quantitative estimate of drug-likeness (QED) is 0.477. The molecule has 0 aliphatic heterocycles. The largest absolute Gasteiger partial charge is 0.497 e. The number of methoxy groups -OCH3 is 2. The Morgan fingerprint density at radius 2 is 1.28 bits per heavy atom. The molecule has 0 atom stereocenters. The zero-order valence-corrected chi connectivity index (χ0v) is 14.9. The average Bonchev–Trinajstić information content (AvgIpc) is 2.70. The summed E-state index contributed by atoms with van der Waals surface area (Å²) in [7, 11) is 3.33. The third-order valence-electron chi connectivity index (χ3n) is 3.63. The number of hydrogen-bond donors (Lipinski definition) is 0. The summed E-state index contributed by atoms with van der Waals surface area (Å²) < 4.78 is 10.5. The fourth-order valence-electron chi connectivity index (χ4n) is 2.30. The van der Waals surface area contributed by atoms with Crippen LogP contribution < -0.4 is 9.47 Å². The third kappa shape index (κ3) is 4.39. The van der Waals surface area contributed by atoms with E-state index in [1.54, 1.807) is 26.6 Å². The van der Waals surface area contributed by atoms with Crippen molar-refractivity contribution in [3.8, 4) is 11.5 Å². The monoisotopic (exact) mass is 350 g/mol. The minimum atomic E-state index is 0.710. The van der Waals surface area contributed by atoms with Crippen molar-refractivity contribution in [1.82, 2.24) is 9.97 Å². The van der Waals surface area contributed by atoms with Gasteiger partial charge in [0.15, 0.2) is 5.16 Å². The van der Waals surface area contributed by atoms with Crippen LogP contribution in [0, 0.1) is 0 Å². The van der Waals surface area contributed by atoms with Gasteiger partial charge in [-0.05, 0) is 52.4 Å². The highest BCUT2D eigenvalue weighted by Gasteiger charge is 2.07. The molecule has 0 unspecified atom stereocenters. The summed E-state index contributed by atoms with van der Waals surface area (Å²) in [5, 5.41) is 2.78. The lowest BCUT2D eigenvalue weighted by atomic mass is 9.99. The van der Waals surface area contributed by atoms with Gasteiger partial charge in [-0.3, -0.25) is 0 Å². The molecule has 0 bridgehead atoms. The van der Waals surface area contributed by atoms with Gasteiger partial charge in [0.2, 0.25) is 0 Å². The van der Waals surface area contributed by atoms with Gasteiger partial charge in [0.25, 0.3) is 0 Å². The zero-order valence-electron chi connectivity index (χ0n) is 14.0. The van der Waals surface area contributed by atoms with E-state index in [0.29, 0.717) is 5.16 Å². The second-order valence-corrected chi connectivity index (χ2v) is 5.97. The van der Waals surface area contributed by atoms with E-state index in [9.17, 15) is 0 Å². The maximum Gasteiger partial charge on any atom is 0.191 e. The number of benzene rings is 2. The van der Waals surface area contributed by atoms with Crippen LogP contribution in [-0.4, -0.2) is 24.2 Å². The van der Waals surface area contributed by atoms with Crippen LogP contribution in [-0.2, 0) is 0 Å². The van der Waals surface area contributed by atoms with Crippen molar-refractivity contribution in [3.05, 3.63) is 83.5 Å². The Balaban J connectivity index is 1.96. The lowest BCUT2D eigenvalue weighted by Crippen LogP contribution is -1.90. The summed E-state index contributed by atoms with van der Waals surface area (Å²) >= 11 is 1.49. The molecule has 1 heterocycles. The van der Waals surface area contributed by atoms with Gasteiger partial charge in [0, 0.05) is 12.4 Å². The zero-order chi connectivity index (χ0) is 17.5. The first-order valence-electron chi connectivity index (χ1n) is 7.73. The van der Waals surface area contributed by atoms with Gasteiger partial charge in [-0.2, -0.15) is 0 Å². The predicted molar refractivity (Wildman–Crippen MR) is 101 cm³/mol. The van der Waals surface area contributed by atoms with E-state index in [2.05, 4.69) is 15.4 Å². The van der Waals surface area contributed by atoms with E-state index in [4.69, 9.17) is 9.47 Å². The van der Waals surface area contributed by atoms with E-state index in [0.717, 1.165) is 28.2 Å². The smallest absolute Gasteiger partial charge is 0.191 e. The first-order valence-corrected chi connectivity index (χ1v) is 8.61. The number of nitrogens with zero attached hydrogens (tertiary/aromatic N) is 2. The lowest BCUT2D eigenvalue weighted by molar-refractivity contribution is 0.414. The minimum absolute atomic E-state index is 0.710. The highest BCUT2D eigenvalue weighted by Crippen LogP contribution is 2.30. The van der Waals surface area contributed by atoms with Gasteiger partial charge >= 0.3 is 0 Å². The molecule has 1 aromatic heterocycles. The van der Waals surface area contributed by atoms with Crippen molar-refractivity contribution in [2.24, 2.45) is 0 Å². The highest BCUT2D eigenvalue weighted by atomic mass is 32.2. The van der Waals surface area contributed by atoms with Gasteiger partial charge in [-0.15, -0.1) is 0 Å². The lowest BCUT2D eigenvalue weighted by Gasteiger charge is -2.10. The van der Waals surface area contributed by atoms with Gasteiger partial charge in [0.05, 0.1) is 14.2 Å². The Morgan fingerprint density at radius 1 is 0.800 bits per heavy atom. The molecule has 0 aliphatic carbocycles. The fraction of sp³-hybridized carbons (Fsp3) is 0.100. The van der Waals surface area contributed by atoms with Gasteiger partial charge in [-0.1, -0.05) is 36.0 Å². The molecule has 0 saturated carbocycles. The Kier molecular flexibility index (Phi) is 5.69. The maximum absolute atomic E-state index is 5.25. The highest BCUT2D eigenvalue weighted by molar-refractivity contribution is 8.02. The van der Waals surface area contributed by atoms with Crippen molar-refractivity contribution in [3.63, 3.8) is 0 Å². The van der Waals surface area contributed by atoms with E-state index in [1.807, 2.05) is 54.6 Å². The van der Waals surface area contributed by atoms with Crippen LogP contribution in [0.5, 0.6) is 11.5 Å². The third-order valence-corrected chi connectivity index (χ3v) is 4.40. The molecule has 0 radical (unpaired) electrons.